The van der Waals surface area contributed by atoms with Gasteiger partial charge in [-0.3, -0.25) is 9.78 Å². The van der Waals surface area contributed by atoms with Gasteiger partial charge in [-0.15, -0.1) is 5.10 Å². The molecule has 0 amide bonds. The molecule has 0 fully saturated rings. The summed E-state index contributed by atoms with van der Waals surface area (Å²) in [7, 11) is 0. The highest BCUT2D eigenvalue weighted by Gasteiger charge is 2.12. The van der Waals surface area contributed by atoms with Crippen LogP contribution < -0.4 is 10.1 Å². The molecule has 0 aliphatic heterocycles. The second-order valence-electron chi connectivity index (χ2n) is 5.99. The number of fused-ring (bicyclic) bond motifs is 1. The minimum atomic E-state index is -0.215. The predicted molar refractivity (Wildman–Crippen MR) is 111 cm³/mol. The van der Waals surface area contributed by atoms with E-state index in [9.17, 15) is 4.79 Å². The summed E-state index contributed by atoms with van der Waals surface area (Å²) < 4.78 is 8.70. The molecule has 0 bridgehead atoms. The minimum absolute atomic E-state index is 0.215. The van der Waals surface area contributed by atoms with Gasteiger partial charge in [-0.1, -0.05) is 39.4 Å². The Morgan fingerprint density at radius 1 is 1.07 bits per heavy atom. The zero-order chi connectivity index (χ0) is 19.1. The molecule has 0 saturated carbocycles. The van der Waals surface area contributed by atoms with Crippen molar-refractivity contribution in [3.05, 3.63) is 86.0 Å². The van der Waals surface area contributed by atoms with Gasteiger partial charge >= 0.3 is 0 Å². The van der Waals surface area contributed by atoms with Crippen molar-refractivity contribution in [3.63, 3.8) is 0 Å². The highest BCUT2D eigenvalue weighted by atomic mass is 79.9. The molecule has 0 saturated heterocycles. The highest BCUT2D eigenvalue weighted by molar-refractivity contribution is 9.10. The first-order valence-electron chi connectivity index (χ1n) is 8.35. The van der Waals surface area contributed by atoms with Crippen molar-refractivity contribution in [2.75, 3.05) is 0 Å². The van der Waals surface area contributed by atoms with Crippen molar-refractivity contribution in [2.24, 2.45) is 0 Å². The standard InChI is InChI=1S/C20H11BrN4O2S/c21-14-3-1-2-13(10-14)16-5-4-15(27-16)11-17-19(26)25-20(28-17)23-18(24-25)12-6-8-22-9-7-12/h1-11H. The maximum Gasteiger partial charge on any atom is 0.291 e. The van der Waals surface area contributed by atoms with Crippen molar-refractivity contribution in [1.29, 1.82) is 0 Å². The molecule has 0 spiro atoms. The Morgan fingerprint density at radius 2 is 1.93 bits per heavy atom. The van der Waals surface area contributed by atoms with Crippen LogP contribution in [0.25, 0.3) is 33.7 Å². The summed E-state index contributed by atoms with van der Waals surface area (Å²) in [6.45, 7) is 0. The number of nitrogens with zero attached hydrogens (tertiary/aromatic N) is 4. The molecule has 5 rings (SSSR count). The molecule has 6 nitrogen and oxygen atoms in total. The fourth-order valence-electron chi connectivity index (χ4n) is 2.81. The van der Waals surface area contributed by atoms with Crippen molar-refractivity contribution in [3.8, 4) is 22.7 Å². The summed E-state index contributed by atoms with van der Waals surface area (Å²) in [4.78, 5) is 21.7. The number of hydrogen-bond donors (Lipinski definition) is 0. The minimum Gasteiger partial charge on any atom is -0.457 e. The fraction of sp³-hybridized carbons (Fsp3) is 0. The monoisotopic (exact) mass is 450 g/mol. The first-order chi connectivity index (χ1) is 13.7. The lowest BCUT2D eigenvalue weighted by molar-refractivity contribution is 0.571. The summed E-state index contributed by atoms with van der Waals surface area (Å²) in [5.74, 6) is 1.85. The lowest BCUT2D eigenvalue weighted by Crippen LogP contribution is -2.23. The van der Waals surface area contributed by atoms with Crippen molar-refractivity contribution in [2.45, 2.75) is 0 Å². The fourth-order valence-corrected chi connectivity index (χ4v) is 4.10. The quantitative estimate of drug-likeness (QED) is 0.418. The number of hydrogen-bond acceptors (Lipinski definition) is 6. The third kappa shape index (κ3) is 3.06. The van der Waals surface area contributed by atoms with Gasteiger partial charge in [0, 0.05) is 34.1 Å². The molecule has 28 heavy (non-hydrogen) atoms. The normalized spacial score (nSPS) is 12.1. The topological polar surface area (TPSA) is 73.3 Å². The molecular formula is C20H11BrN4O2S. The van der Waals surface area contributed by atoms with Crippen molar-refractivity contribution < 1.29 is 4.42 Å². The highest BCUT2D eigenvalue weighted by Crippen LogP contribution is 2.25. The molecule has 0 aliphatic carbocycles. The maximum atomic E-state index is 12.7. The van der Waals surface area contributed by atoms with Gasteiger partial charge in [0.2, 0.25) is 4.96 Å². The average Bonchev–Trinajstić information content (AvgIpc) is 3.41. The first-order valence-corrected chi connectivity index (χ1v) is 9.96. The molecular weight excluding hydrogens is 440 g/mol. The second kappa shape index (κ2) is 6.81. The molecule has 4 heterocycles. The van der Waals surface area contributed by atoms with E-state index in [0.717, 1.165) is 21.4 Å². The lowest BCUT2D eigenvalue weighted by atomic mass is 10.2. The van der Waals surface area contributed by atoms with Crippen molar-refractivity contribution >= 4 is 38.3 Å². The Hall–Kier alpha value is -3.10. The largest absolute Gasteiger partial charge is 0.457 e. The van der Waals surface area contributed by atoms with E-state index in [4.69, 9.17) is 4.42 Å². The number of aromatic nitrogens is 4. The van der Waals surface area contributed by atoms with E-state index in [0.29, 0.717) is 21.1 Å². The van der Waals surface area contributed by atoms with Gasteiger partial charge in [-0.05, 0) is 36.4 Å². The van der Waals surface area contributed by atoms with E-state index in [1.54, 1.807) is 18.5 Å². The van der Waals surface area contributed by atoms with Crippen LogP contribution in [0.4, 0.5) is 0 Å². The Morgan fingerprint density at radius 3 is 2.71 bits per heavy atom. The first kappa shape index (κ1) is 17.0. The molecule has 0 aliphatic rings. The molecule has 0 N–H and O–H groups in total. The second-order valence-corrected chi connectivity index (χ2v) is 7.92. The number of benzene rings is 1. The van der Waals surface area contributed by atoms with Crippen LogP contribution in [0.2, 0.25) is 0 Å². The Kier molecular flexibility index (Phi) is 4.14. The van der Waals surface area contributed by atoms with Crippen LogP contribution in [-0.4, -0.2) is 19.6 Å². The van der Waals surface area contributed by atoms with E-state index in [1.807, 2.05) is 48.5 Å². The number of pyridine rings is 1. The number of halogens is 1. The summed E-state index contributed by atoms with van der Waals surface area (Å²) >= 11 is 4.74. The Bertz CT molecular complexity index is 1410. The van der Waals surface area contributed by atoms with E-state index in [1.165, 1.54) is 15.9 Å². The van der Waals surface area contributed by atoms with Crippen LogP contribution in [0, 0.1) is 0 Å². The van der Waals surface area contributed by atoms with Gasteiger partial charge in [-0.25, -0.2) is 0 Å². The third-order valence-corrected chi connectivity index (χ3v) is 5.58. The zero-order valence-electron chi connectivity index (χ0n) is 14.2. The summed E-state index contributed by atoms with van der Waals surface area (Å²) in [6.07, 6.45) is 5.06. The number of rotatable bonds is 3. The van der Waals surface area contributed by atoms with Crippen LogP contribution in [0.3, 0.4) is 0 Å². The Balaban J connectivity index is 1.53. The van der Waals surface area contributed by atoms with Gasteiger partial charge < -0.3 is 4.42 Å². The van der Waals surface area contributed by atoms with E-state index in [2.05, 4.69) is 31.0 Å². The van der Waals surface area contributed by atoms with Crippen LogP contribution in [0.5, 0.6) is 0 Å². The third-order valence-electron chi connectivity index (χ3n) is 4.13. The molecule has 8 heteroatoms. The van der Waals surface area contributed by atoms with Gasteiger partial charge in [0.05, 0.1) is 0 Å². The number of furan rings is 1. The van der Waals surface area contributed by atoms with Gasteiger partial charge in [0.1, 0.15) is 16.1 Å². The molecule has 4 aromatic heterocycles. The molecule has 0 unspecified atom stereocenters. The van der Waals surface area contributed by atoms with Crippen LogP contribution in [0.15, 0.2) is 74.6 Å². The lowest BCUT2D eigenvalue weighted by Gasteiger charge is -1.96. The van der Waals surface area contributed by atoms with Crippen LogP contribution >= 0.6 is 27.3 Å². The summed E-state index contributed by atoms with van der Waals surface area (Å²) in [6, 6.07) is 15.2. The molecule has 1 aromatic carbocycles. The van der Waals surface area contributed by atoms with E-state index < -0.39 is 0 Å². The predicted octanol–water partition coefficient (Wildman–Crippen LogP) is 3.78. The molecule has 136 valence electrons. The van der Waals surface area contributed by atoms with Crippen LogP contribution in [0.1, 0.15) is 5.76 Å². The summed E-state index contributed by atoms with van der Waals surface area (Å²) in [5.41, 5.74) is 1.56. The molecule has 0 radical (unpaired) electrons. The molecule has 0 atom stereocenters. The van der Waals surface area contributed by atoms with E-state index >= 15 is 0 Å². The maximum absolute atomic E-state index is 12.7. The van der Waals surface area contributed by atoms with Gasteiger partial charge in [-0.2, -0.15) is 9.50 Å². The number of thiazole rings is 1. The SMILES string of the molecule is O=c1c(=Cc2ccc(-c3cccc(Br)c3)o2)sc2nc(-c3ccncc3)nn12. The van der Waals surface area contributed by atoms with Crippen molar-refractivity contribution in [1.82, 2.24) is 19.6 Å². The summed E-state index contributed by atoms with van der Waals surface area (Å²) in [5, 5.41) is 4.33. The zero-order valence-corrected chi connectivity index (χ0v) is 16.6. The van der Waals surface area contributed by atoms with Gasteiger partial charge in [0.15, 0.2) is 5.82 Å². The van der Waals surface area contributed by atoms with Gasteiger partial charge in [0.25, 0.3) is 5.56 Å². The van der Waals surface area contributed by atoms with E-state index in [-0.39, 0.29) is 5.56 Å². The van der Waals surface area contributed by atoms with Crippen LogP contribution in [-0.2, 0) is 0 Å². The average molecular weight is 451 g/mol. The molecule has 5 aromatic rings. The smallest absolute Gasteiger partial charge is 0.291 e. The Labute approximate surface area is 170 Å².